The molecule has 148 valence electrons. The molecule has 8 heteroatoms. The molecule has 1 atom stereocenters. The maximum Gasteiger partial charge on any atom is 0.147 e. The highest BCUT2D eigenvalue weighted by atomic mass is 79.9. The summed E-state index contributed by atoms with van der Waals surface area (Å²) >= 11 is 17.4. The van der Waals surface area contributed by atoms with E-state index in [-0.39, 0.29) is 18.6 Å². The summed E-state index contributed by atoms with van der Waals surface area (Å²) in [6, 6.07) is 7.85. The number of aliphatic hydroxyl groups excluding tert-OH is 1. The van der Waals surface area contributed by atoms with Crippen LogP contribution >= 0.6 is 79.6 Å². The maximum absolute atomic E-state index is 10.3. The van der Waals surface area contributed by atoms with Crippen LogP contribution in [0.25, 0.3) is 0 Å². The van der Waals surface area contributed by atoms with Crippen LogP contribution in [0.1, 0.15) is 26.3 Å². The van der Waals surface area contributed by atoms with Crippen LogP contribution in [0, 0.1) is 0 Å². The van der Waals surface area contributed by atoms with E-state index < -0.39 is 6.10 Å². The molecule has 27 heavy (non-hydrogen) atoms. The van der Waals surface area contributed by atoms with Crippen molar-refractivity contribution in [1.29, 1.82) is 0 Å². The second-order valence-corrected chi connectivity index (χ2v) is 11.3. The largest absolute Gasteiger partial charge is 0.488 e. The third-order valence-corrected chi connectivity index (χ3v) is 6.48. The van der Waals surface area contributed by atoms with Crippen LogP contribution in [0.5, 0.6) is 11.5 Å². The zero-order valence-electron chi connectivity index (χ0n) is 15.0. The number of benzene rings is 2. The second-order valence-electron chi connectivity index (χ2n) is 6.99. The molecule has 0 saturated carbocycles. The van der Waals surface area contributed by atoms with Gasteiger partial charge in [0.25, 0.3) is 0 Å². The minimum absolute atomic E-state index is 0.0301. The molecule has 0 amide bonds. The number of rotatable bonds is 6. The molecule has 0 radical (unpaired) electrons. The predicted molar refractivity (Wildman–Crippen MR) is 127 cm³/mol. The average molecular weight is 695 g/mol. The van der Waals surface area contributed by atoms with Gasteiger partial charge in [0.2, 0.25) is 0 Å². The zero-order valence-corrected chi connectivity index (χ0v) is 22.9. The number of halogens is 5. The van der Waals surface area contributed by atoms with Crippen molar-refractivity contribution < 1.29 is 14.6 Å². The van der Waals surface area contributed by atoms with Gasteiger partial charge in [-0.05, 0) is 99.0 Å². The van der Waals surface area contributed by atoms with Crippen molar-refractivity contribution in [2.75, 3.05) is 13.2 Å². The molecule has 2 rings (SSSR count). The van der Waals surface area contributed by atoms with Crippen molar-refractivity contribution in [3.8, 4) is 11.5 Å². The molecule has 2 aromatic carbocycles. The summed E-state index contributed by atoms with van der Waals surface area (Å²) in [7, 11) is 0. The Labute approximate surface area is 201 Å². The van der Waals surface area contributed by atoms with Gasteiger partial charge >= 0.3 is 0 Å². The molecule has 0 aliphatic heterocycles. The third kappa shape index (κ3) is 6.71. The first-order chi connectivity index (χ1) is 12.5. The van der Waals surface area contributed by atoms with Crippen molar-refractivity contribution in [2.45, 2.75) is 32.3 Å². The topological polar surface area (TPSA) is 38.7 Å². The van der Waals surface area contributed by atoms with Crippen LogP contribution in [0.4, 0.5) is 0 Å². The quantitative estimate of drug-likeness (QED) is 0.339. The van der Waals surface area contributed by atoms with E-state index in [1.54, 1.807) is 0 Å². The lowest BCUT2D eigenvalue weighted by Gasteiger charge is -2.22. The van der Waals surface area contributed by atoms with Gasteiger partial charge in [-0.25, -0.2) is 0 Å². The van der Waals surface area contributed by atoms with Crippen LogP contribution < -0.4 is 9.47 Å². The lowest BCUT2D eigenvalue weighted by molar-refractivity contribution is 0.0616. The Morgan fingerprint density at radius 1 is 0.778 bits per heavy atom. The van der Waals surface area contributed by atoms with Crippen LogP contribution in [0.3, 0.4) is 0 Å². The molecule has 1 N–H and O–H groups in total. The molecule has 2 aromatic rings. The first kappa shape index (κ1) is 23.7. The Balaban J connectivity index is 1.99. The van der Waals surface area contributed by atoms with Crippen molar-refractivity contribution >= 4 is 79.6 Å². The summed E-state index contributed by atoms with van der Waals surface area (Å²) < 4.78 is 15.7. The number of ether oxygens (including phenoxy) is 2. The molecule has 3 nitrogen and oxygen atoms in total. The van der Waals surface area contributed by atoms with Gasteiger partial charge in [0, 0.05) is 4.47 Å². The van der Waals surface area contributed by atoms with E-state index in [0.29, 0.717) is 11.5 Å². The Hall–Kier alpha value is 0.400. The summed E-state index contributed by atoms with van der Waals surface area (Å²) in [4.78, 5) is 0. The molecule has 0 aromatic heterocycles. The highest BCUT2D eigenvalue weighted by molar-refractivity contribution is 9.12. The molecular weight excluding hydrogens is 676 g/mol. The first-order valence-corrected chi connectivity index (χ1v) is 12.0. The minimum Gasteiger partial charge on any atom is -0.488 e. The van der Waals surface area contributed by atoms with E-state index in [2.05, 4.69) is 100 Å². The van der Waals surface area contributed by atoms with Crippen molar-refractivity contribution in [2.24, 2.45) is 0 Å². The van der Waals surface area contributed by atoms with E-state index in [4.69, 9.17) is 9.47 Å². The van der Waals surface area contributed by atoms with E-state index in [0.717, 1.165) is 22.4 Å². The highest BCUT2D eigenvalue weighted by Crippen LogP contribution is 2.39. The number of hydrogen-bond acceptors (Lipinski definition) is 3. The van der Waals surface area contributed by atoms with Gasteiger partial charge in [-0.3, -0.25) is 0 Å². The Morgan fingerprint density at radius 3 is 1.52 bits per heavy atom. The average Bonchev–Trinajstić information content (AvgIpc) is 2.51. The Bertz CT molecular complexity index is 771. The van der Waals surface area contributed by atoms with E-state index in [1.807, 2.05) is 24.3 Å². The molecule has 0 fully saturated rings. The van der Waals surface area contributed by atoms with Gasteiger partial charge in [0.15, 0.2) is 0 Å². The minimum atomic E-state index is -0.784. The standard InChI is InChI=1S/C19H19Br5O3/c1-19(2,3)10-4-13(21)17(14(22)5-10)26-8-12(25)9-27-18-15(23)6-11(20)7-16(18)24/h4-7,12,25H,8-9H2,1-3H3. The lowest BCUT2D eigenvalue weighted by atomic mass is 9.87. The molecule has 0 heterocycles. The summed E-state index contributed by atoms with van der Waals surface area (Å²) in [5.41, 5.74) is 1.21. The SMILES string of the molecule is CC(C)(C)c1cc(Br)c(OCC(O)COc2c(Br)cc(Br)cc2Br)c(Br)c1. The highest BCUT2D eigenvalue weighted by Gasteiger charge is 2.19. The first-order valence-electron chi connectivity index (χ1n) is 8.06. The Kier molecular flexibility index (Phi) is 8.71. The molecule has 1 unspecified atom stereocenters. The monoisotopic (exact) mass is 690 g/mol. The molecule has 0 aliphatic carbocycles. The fourth-order valence-electron chi connectivity index (χ4n) is 2.20. The molecule has 0 saturated heterocycles. The van der Waals surface area contributed by atoms with Crippen molar-refractivity contribution in [1.82, 2.24) is 0 Å². The van der Waals surface area contributed by atoms with Crippen molar-refractivity contribution in [3.63, 3.8) is 0 Å². The van der Waals surface area contributed by atoms with E-state index in [1.165, 1.54) is 5.56 Å². The third-order valence-electron chi connectivity index (χ3n) is 3.67. The van der Waals surface area contributed by atoms with Gasteiger partial charge in [0.05, 0.1) is 17.9 Å². The van der Waals surface area contributed by atoms with Crippen LogP contribution in [-0.4, -0.2) is 24.4 Å². The van der Waals surface area contributed by atoms with Gasteiger partial charge in [-0.1, -0.05) is 36.7 Å². The number of aliphatic hydroxyl groups is 1. The maximum atomic E-state index is 10.3. The van der Waals surface area contributed by atoms with E-state index >= 15 is 0 Å². The fourth-order valence-corrected chi connectivity index (χ4v) is 6.11. The molecular formula is C19H19Br5O3. The van der Waals surface area contributed by atoms with Gasteiger partial charge in [-0.2, -0.15) is 0 Å². The zero-order chi connectivity index (χ0) is 20.4. The lowest BCUT2D eigenvalue weighted by Crippen LogP contribution is -2.25. The smallest absolute Gasteiger partial charge is 0.147 e. The van der Waals surface area contributed by atoms with E-state index in [9.17, 15) is 5.11 Å². The van der Waals surface area contributed by atoms with Gasteiger partial charge in [0.1, 0.15) is 30.8 Å². The van der Waals surface area contributed by atoms with Crippen LogP contribution in [-0.2, 0) is 5.41 Å². The summed E-state index contributed by atoms with van der Waals surface area (Å²) in [5, 5.41) is 10.3. The normalized spacial score (nSPS) is 12.8. The van der Waals surface area contributed by atoms with Crippen LogP contribution in [0.2, 0.25) is 0 Å². The van der Waals surface area contributed by atoms with Crippen LogP contribution in [0.15, 0.2) is 46.6 Å². The summed E-state index contributed by atoms with van der Waals surface area (Å²) in [6.45, 7) is 6.68. The number of hydrogen-bond donors (Lipinski definition) is 1. The summed E-state index contributed by atoms with van der Waals surface area (Å²) in [6.07, 6.45) is -0.784. The molecule has 0 spiro atoms. The Morgan fingerprint density at radius 2 is 1.15 bits per heavy atom. The molecule has 0 aliphatic rings. The van der Waals surface area contributed by atoms with Gasteiger partial charge in [-0.15, -0.1) is 0 Å². The second kappa shape index (κ2) is 9.94. The molecule has 0 bridgehead atoms. The fraction of sp³-hybridized carbons (Fsp3) is 0.368. The summed E-state index contributed by atoms with van der Waals surface area (Å²) in [5.74, 6) is 1.29. The predicted octanol–water partition coefficient (Wildman–Crippen LogP) is 7.62. The van der Waals surface area contributed by atoms with Gasteiger partial charge < -0.3 is 14.6 Å². The van der Waals surface area contributed by atoms with Crippen molar-refractivity contribution in [3.05, 3.63) is 52.2 Å².